The van der Waals surface area contributed by atoms with Crippen LogP contribution in [0.25, 0.3) is 98.8 Å². The van der Waals surface area contributed by atoms with Crippen molar-refractivity contribution in [2.75, 3.05) is 4.90 Å². The van der Waals surface area contributed by atoms with Gasteiger partial charge in [0.2, 0.25) is 0 Å². The van der Waals surface area contributed by atoms with Crippen LogP contribution < -0.4 is 4.90 Å². The van der Waals surface area contributed by atoms with Crippen molar-refractivity contribution in [2.45, 2.75) is 0 Å². The highest BCUT2D eigenvalue weighted by atomic mass is 16.3. The molecule has 0 aliphatic rings. The minimum atomic E-state index is 0.910. The molecule has 290 valence electrons. The van der Waals surface area contributed by atoms with Gasteiger partial charge >= 0.3 is 0 Å². The van der Waals surface area contributed by atoms with Gasteiger partial charge in [-0.05, 0) is 114 Å². The van der Waals surface area contributed by atoms with Crippen molar-refractivity contribution in [3.05, 3.63) is 237 Å². The van der Waals surface area contributed by atoms with E-state index in [0.717, 1.165) is 44.6 Å². The van der Waals surface area contributed by atoms with E-state index in [2.05, 4.69) is 229 Å². The van der Waals surface area contributed by atoms with E-state index in [1.807, 2.05) is 12.1 Å². The van der Waals surface area contributed by atoms with Crippen LogP contribution in [0.15, 0.2) is 241 Å². The Hall–Kier alpha value is -8.20. The summed E-state index contributed by atoms with van der Waals surface area (Å²) in [5.41, 5.74) is 14.7. The topological polar surface area (TPSA) is 16.4 Å². The van der Waals surface area contributed by atoms with Gasteiger partial charge in [-0.2, -0.15) is 0 Å². The second-order valence-corrected chi connectivity index (χ2v) is 16.0. The van der Waals surface area contributed by atoms with Crippen LogP contribution in [0.1, 0.15) is 0 Å². The van der Waals surface area contributed by atoms with Gasteiger partial charge in [-0.25, -0.2) is 0 Å². The Morgan fingerprint density at radius 1 is 0.290 bits per heavy atom. The third kappa shape index (κ3) is 6.04. The Labute approximate surface area is 360 Å². The normalized spacial score (nSPS) is 11.5. The van der Waals surface area contributed by atoms with Crippen molar-refractivity contribution in [1.29, 1.82) is 0 Å². The molecule has 11 aromatic carbocycles. The summed E-state index contributed by atoms with van der Waals surface area (Å²) in [7, 11) is 0. The molecule has 0 atom stereocenters. The molecule has 2 heteroatoms. The number of para-hydroxylation sites is 1. The minimum absolute atomic E-state index is 0.910. The number of fused-ring (bicyclic) bond motifs is 7. The zero-order chi connectivity index (χ0) is 41.0. The second-order valence-electron chi connectivity index (χ2n) is 16.0. The van der Waals surface area contributed by atoms with E-state index in [-0.39, 0.29) is 0 Å². The van der Waals surface area contributed by atoms with Crippen LogP contribution in [0.4, 0.5) is 17.1 Å². The van der Waals surface area contributed by atoms with E-state index in [1.165, 1.54) is 71.3 Å². The summed E-state index contributed by atoms with van der Waals surface area (Å²) in [6.45, 7) is 0. The smallest absolute Gasteiger partial charge is 0.136 e. The summed E-state index contributed by atoms with van der Waals surface area (Å²) >= 11 is 0. The Morgan fingerprint density at radius 2 is 0.823 bits per heavy atom. The molecule has 0 unspecified atom stereocenters. The molecule has 0 aliphatic carbocycles. The van der Waals surface area contributed by atoms with E-state index >= 15 is 0 Å². The molecule has 62 heavy (non-hydrogen) atoms. The van der Waals surface area contributed by atoms with Crippen LogP contribution in [0.2, 0.25) is 0 Å². The molecule has 2 nitrogen and oxygen atoms in total. The Bertz CT molecular complexity index is 3600. The van der Waals surface area contributed by atoms with Gasteiger partial charge in [0.05, 0.1) is 5.69 Å². The van der Waals surface area contributed by atoms with E-state index in [1.54, 1.807) is 0 Å². The van der Waals surface area contributed by atoms with Gasteiger partial charge in [0.25, 0.3) is 0 Å². The number of nitrogens with zero attached hydrogens (tertiary/aromatic N) is 1. The lowest BCUT2D eigenvalue weighted by atomic mass is 9.89. The number of furan rings is 1. The molecule has 0 bridgehead atoms. The summed E-state index contributed by atoms with van der Waals surface area (Å²) < 4.78 is 6.20. The molecule has 0 aliphatic heterocycles. The monoisotopic (exact) mass is 789 g/mol. The number of hydrogen-bond donors (Lipinski definition) is 0. The fraction of sp³-hybridized carbons (Fsp3) is 0. The lowest BCUT2D eigenvalue weighted by Gasteiger charge is -2.28. The highest BCUT2D eigenvalue weighted by Gasteiger charge is 2.19. The standard InChI is InChI=1S/C60H39NO/c1-2-14-45(15-3-1)59-50-18-7-4-13-42(50)33-38-52(59)44-31-36-48(37-32-44)61(56-39-46-16-5-6-17-49(46)53-19-8-9-20-54(53)56)47-34-29-41(30-35-47)40-25-27-43(28-26-40)51-22-12-24-58-60(51)55-21-10-11-23-57(55)62-58/h1-39H. The van der Waals surface area contributed by atoms with Gasteiger partial charge in [0.1, 0.15) is 11.2 Å². The van der Waals surface area contributed by atoms with Crippen molar-refractivity contribution < 1.29 is 4.42 Å². The summed E-state index contributed by atoms with van der Waals surface area (Å²) in [5, 5.41) is 9.69. The van der Waals surface area contributed by atoms with Gasteiger partial charge in [0, 0.05) is 27.5 Å². The third-order valence-electron chi connectivity index (χ3n) is 12.5. The van der Waals surface area contributed by atoms with Crippen LogP contribution >= 0.6 is 0 Å². The quantitative estimate of drug-likeness (QED) is 0.150. The molecule has 12 aromatic rings. The summed E-state index contributed by atoms with van der Waals surface area (Å²) in [6.07, 6.45) is 0. The SMILES string of the molecule is c1ccc(-c2c(-c3ccc(N(c4ccc(-c5ccc(-c6cccc7oc8ccccc8c67)cc5)cc4)c4cc5ccccc5c5ccccc45)cc3)ccc3ccccc23)cc1. The first-order valence-electron chi connectivity index (χ1n) is 21.2. The van der Waals surface area contributed by atoms with Crippen LogP contribution in [-0.4, -0.2) is 0 Å². The number of hydrogen-bond acceptors (Lipinski definition) is 2. The fourth-order valence-corrected chi connectivity index (χ4v) is 9.53. The predicted octanol–water partition coefficient (Wildman–Crippen LogP) is 17.2. The molecule has 0 radical (unpaired) electrons. The molecule has 0 N–H and O–H groups in total. The molecule has 0 saturated carbocycles. The van der Waals surface area contributed by atoms with Crippen molar-refractivity contribution >= 4 is 71.3 Å². The minimum Gasteiger partial charge on any atom is -0.456 e. The second kappa shape index (κ2) is 14.8. The van der Waals surface area contributed by atoms with Crippen molar-refractivity contribution in [3.63, 3.8) is 0 Å². The van der Waals surface area contributed by atoms with Crippen LogP contribution in [0.5, 0.6) is 0 Å². The van der Waals surface area contributed by atoms with E-state index in [0.29, 0.717) is 0 Å². The van der Waals surface area contributed by atoms with Crippen LogP contribution in [0.3, 0.4) is 0 Å². The summed E-state index contributed by atoms with van der Waals surface area (Å²) in [6, 6.07) is 85.5. The van der Waals surface area contributed by atoms with Crippen molar-refractivity contribution in [3.8, 4) is 44.5 Å². The molecular weight excluding hydrogens is 751 g/mol. The maximum absolute atomic E-state index is 6.20. The fourth-order valence-electron chi connectivity index (χ4n) is 9.53. The lowest BCUT2D eigenvalue weighted by Crippen LogP contribution is -2.10. The first-order chi connectivity index (χ1) is 30.7. The van der Waals surface area contributed by atoms with Gasteiger partial charge in [0.15, 0.2) is 0 Å². The number of rotatable bonds is 7. The number of benzene rings is 11. The zero-order valence-electron chi connectivity index (χ0n) is 33.9. The maximum Gasteiger partial charge on any atom is 0.136 e. The molecule has 12 rings (SSSR count). The van der Waals surface area contributed by atoms with Gasteiger partial charge < -0.3 is 9.32 Å². The molecule has 0 fully saturated rings. The van der Waals surface area contributed by atoms with E-state index < -0.39 is 0 Å². The van der Waals surface area contributed by atoms with Crippen molar-refractivity contribution in [2.24, 2.45) is 0 Å². The van der Waals surface area contributed by atoms with Crippen molar-refractivity contribution in [1.82, 2.24) is 0 Å². The summed E-state index contributed by atoms with van der Waals surface area (Å²) in [5.74, 6) is 0. The molecule has 1 heterocycles. The summed E-state index contributed by atoms with van der Waals surface area (Å²) in [4.78, 5) is 2.42. The average molecular weight is 790 g/mol. The largest absolute Gasteiger partial charge is 0.456 e. The molecule has 0 spiro atoms. The van der Waals surface area contributed by atoms with Crippen LogP contribution in [0, 0.1) is 0 Å². The Morgan fingerprint density at radius 3 is 1.56 bits per heavy atom. The molecule has 1 aromatic heterocycles. The maximum atomic E-state index is 6.20. The number of anilines is 3. The predicted molar refractivity (Wildman–Crippen MR) is 263 cm³/mol. The highest BCUT2D eigenvalue weighted by Crippen LogP contribution is 2.45. The molecule has 0 amide bonds. The van der Waals surface area contributed by atoms with Gasteiger partial charge in [-0.3, -0.25) is 0 Å². The Balaban J connectivity index is 0.957. The van der Waals surface area contributed by atoms with Gasteiger partial charge in [-0.1, -0.05) is 194 Å². The molecular formula is C60H39NO. The van der Waals surface area contributed by atoms with Crippen LogP contribution in [-0.2, 0) is 0 Å². The Kier molecular flexibility index (Phi) is 8.53. The van der Waals surface area contributed by atoms with Gasteiger partial charge in [-0.15, -0.1) is 0 Å². The van der Waals surface area contributed by atoms with E-state index in [9.17, 15) is 0 Å². The average Bonchev–Trinajstić information content (AvgIpc) is 3.74. The third-order valence-corrected chi connectivity index (χ3v) is 12.5. The highest BCUT2D eigenvalue weighted by molar-refractivity contribution is 6.15. The first-order valence-corrected chi connectivity index (χ1v) is 21.2. The first kappa shape index (κ1) is 35.7. The zero-order valence-corrected chi connectivity index (χ0v) is 33.9. The lowest BCUT2D eigenvalue weighted by molar-refractivity contribution is 0.669. The molecule has 0 saturated heterocycles. The van der Waals surface area contributed by atoms with E-state index in [4.69, 9.17) is 4.42 Å².